The van der Waals surface area contributed by atoms with E-state index < -0.39 is 5.97 Å². The van der Waals surface area contributed by atoms with E-state index in [2.05, 4.69) is 32.9 Å². The highest BCUT2D eigenvalue weighted by atomic mass is 16.4. The number of carboxylic acid groups (broad SMARTS) is 1. The van der Waals surface area contributed by atoms with Gasteiger partial charge in [0.25, 0.3) is 0 Å². The van der Waals surface area contributed by atoms with Crippen LogP contribution in [0.5, 0.6) is 0 Å². The number of hydrogen-bond acceptors (Lipinski definition) is 1. The minimum absolute atomic E-state index is 0.304. The van der Waals surface area contributed by atoms with Gasteiger partial charge in [-0.1, -0.05) is 32.9 Å². The highest BCUT2D eigenvalue weighted by Crippen LogP contribution is 2.49. The summed E-state index contributed by atoms with van der Waals surface area (Å²) in [6.45, 7) is 6.68. The van der Waals surface area contributed by atoms with Crippen molar-refractivity contribution in [3.8, 4) is 0 Å². The molecule has 0 aromatic heterocycles. The van der Waals surface area contributed by atoms with Gasteiger partial charge in [-0.2, -0.15) is 0 Å². The molecule has 0 heterocycles. The Hall–Kier alpha value is -0.790. The van der Waals surface area contributed by atoms with E-state index in [-0.39, 0.29) is 0 Å². The van der Waals surface area contributed by atoms with Crippen molar-refractivity contribution in [1.29, 1.82) is 0 Å². The molecule has 0 aromatic rings. The first kappa shape index (κ1) is 13.3. The van der Waals surface area contributed by atoms with Crippen molar-refractivity contribution in [3.05, 3.63) is 12.2 Å². The molecule has 0 aliphatic heterocycles. The van der Waals surface area contributed by atoms with Crippen LogP contribution in [0.15, 0.2) is 12.2 Å². The number of aliphatic carboxylic acids is 1. The first-order chi connectivity index (χ1) is 7.47. The summed E-state index contributed by atoms with van der Waals surface area (Å²) >= 11 is 0. The molecule has 92 valence electrons. The molecule has 1 fully saturated rings. The lowest BCUT2D eigenvalue weighted by molar-refractivity contribution is -0.138. The molecule has 0 saturated heterocycles. The average molecular weight is 224 g/mol. The van der Waals surface area contributed by atoms with Crippen LogP contribution in [0, 0.1) is 17.3 Å². The molecule has 1 saturated carbocycles. The third kappa shape index (κ3) is 3.36. The van der Waals surface area contributed by atoms with Gasteiger partial charge in [0.15, 0.2) is 0 Å². The van der Waals surface area contributed by atoms with Crippen LogP contribution in [0.2, 0.25) is 0 Å². The molecule has 2 heteroatoms. The monoisotopic (exact) mass is 224 g/mol. The highest BCUT2D eigenvalue weighted by molar-refractivity contribution is 5.67. The Morgan fingerprint density at radius 2 is 2.12 bits per heavy atom. The van der Waals surface area contributed by atoms with Crippen molar-refractivity contribution in [1.82, 2.24) is 0 Å². The minimum atomic E-state index is -0.646. The minimum Gasteiger partial charge on any atom is -0.481 e. The van der Waals surface area contributed by atoms with E-state index in [0.29, 0.717) is 23.7 Å². The largest absolute Gasteiger partial charge is 0.481 e. The topological polar surface area (TPSA) is 37.3 Å². The Morgan fingerprint density at radius 3 is 2.69 bits per heavy atom. The second-order valence-electron chi connectivity index (χ2n) is 5.61. The first-order valence-electron chi connectivity index (χ1n) is 6.34. The molecule has 1 aliphatic carbocycles. The van der Waals surface area contributed by atoms with Crippen molar-refractivity contribution in [3.63, 3.8) is 0 Å². The third-order valence-corrected chi connectivity index (χ3v) is 3.96. The fraction of sp³-hybridized carbons (Fsp3) is 0.786. The van der Waals surface area contributed by atoms with Crippen molar-refractivity contribution in [2.75, 3.05) is 0 Å². The Morgan fingerprint density at radius 1 is 1.44 bits per heavy atom. The van der Waals surface area contributed by atoms with E-state index in [9.17, 15) is 4.79 Å². The maximum Gasteiger partial charge on any atom is 0.303 e. The number of hydrogen-bond donors (Lipinski definition) is 1. The van der Waals surface area contributed by atoms with Crippen molar-refractivity contribution in [2.24, 2.45) is 17.3 Å². The molecule has 0 radical (unpaired) electrons. The maximum atomic E-state index is 10.8. The van der Waals surface area contributed by atoms with Gasteiger partial charge >= 0.3 is 5.97 Å². The molecule has 0 aromatic carbocycles. The summed E-state index contributed by atoms with van der Waals surface area (Å²) in [6, 6.07) is 0. The van der Waals surface area contributed by atoms with Crippen LogP contribution in [-0.2, 0) is 4.79 Å². The van der Waals surface area contributed by atoms with Gasteiger partial charge in [-0.3, -0.25) is 4.79 Å². The zero-order chi connectivity index (χ0) is 12.2. The standard InChI is InChI=1S/C14H24O2/c1-4-5-6-7-12-11(10-13(15)16)8-9-14(12,2)3/h5-6,11-12H,4,7-10H2,1-3H3,(H,15,16)/b6-5-. The zero-order valence-corrected chi connectivity index (χ0v) is 10.7. The summed E-state index contributed by atoms with van der Waals surface area (Å²) in [7, 11) is 0. The van der Waals surface area contributed by atoms with E-state index in [4.69, 9.17) is 5.11 Å². The predicted octanol–water partition coefficient (Wildman–Crippen LogP) is 3.87. The Kier molecular flexibility index (Phi) is 4.57. The van der Waals surface area contributed by atoms with Gasteiger partial charge in [-0.25, -0.2) is 0 Å². The average Bonchev–Trinajstić information content (AvgIpc) is 2.44. The van der Waals surface area contributed by atoms with E-state index in [1.165, 1.54) is 0 Å². The second kappa shape index (κ2) is 5.51. The van der Waals surface area contributed by atoms with Gasteiger partial charge in [-0.15, -0.1) is 0 Å². The summed E-state index contributed by atoms with van der Waals surface area (Å²) in [5.74, 6) is 0.257. The zero-order valence-electron chi connectivity index (χ0n) is 10.7. The van der Waals surface area contributed by atoms with Crippen molar-refractivity contribution >= 4 is 5.97 Å². The molecule has 2 atom stereocenters. The van der Waals surface area contributed by atoms with Crippen LogP contribution < -0.4 is 0 Å². The Bertz CT molecular complexity index is 266. The van der Waals surface area contributed by atoms with Gasteiger partial charge in [0.1, 0.15) is 0 Å². The second-order valence-corrected chi connectivity index (χ2v) is 5.61. The maximum absolute atomic E-state index is 10.8. The number of carboxylic acids is 1. The van der Waals surface area contributed by atoms with Gasteiger partial charge < -0.3 is 5.11 Å². The molecule has 0 amide bonds. The SMILES string of the molecule is CC/C=C\CC1C(CC(=O)O)CCC1(C)C. The fourth-order valence-corrected chi connectivity index (χ4v) is 2.97. The van der Waals surface area contributed by atoms with Crippen molar-refractivity contribution in [2.45, 2.75) is 52.9 Å². The van der Waals surface area contributed by atoms with Crippen LogP contribution in [0.3, 0.4) is 0 Å². The highest BCUT2D eigenvalue weighted by Gasteiger charge is 2.41. The molecular formula is C14H24O2. The number of carbonyl (C=O) groups is 1. The Labute approximate surface area is 98.7 Å². The fourth-order valence-electron chi connectivity index (χ4n) is 2.97. The summed E-state index contributed by atoms with van der Waals surface area (Å²) < 4.78 is 0. The van der Waals surface area contributed by atoms with Crippen molar-refractivity contribution < 1.29 is 9.90 Å². The van der Waals surface area contributed by atoms with Crippen LogP contribution >= 0.6 is 0 Å². The first-order valence-corrected chi connectivity index (χ1v) is 6.34. The van der Waals surface area contributed by atoms with Crippen LogP contribution in [-0.4, -0.2) is 11.1 Å². The predicted molar refractivity (Wildman–Crippen MR) is 66.3 cm³/mol. The summed E-state index contributed by atoms with van der Waals surface area (Å²) in [5.41, 5.74) is 0.304. The van der Waals surface area contributed by atoms with E-state index in [1.807, 2.05) is 0 Å². The number of allylic oxidation sites excluding steroid dienone is 2. The van der Waals surface area contributed by atoms with Crippen LogP contribution in [0.25, 0.3) is 0 Å². The quantitative estimate of drug-likeness (QED) is 0.720. The molecule has 2 unspecified atom stereocenters. The van der Waals surface area contributed by atoms with Crippen LogP contribution in [0.4, 0.5) is 0 Å². The van der Waals surface area contributed by atoms with E-state index in [1.54, 1.807) is 0 Å². The molecular weight excluding hydrogens is 200 g/mol. The van der Waals surface area contributed by atoms with Gasteiger partial charge in [0.05, 0.1) is 0 Å². The van der Waals surface area contributed by atoms with Gasteiger partial charge in [0.2, 0.25) is 0 Å². The molecule has 16 heavy (non-hydrogen) atoms. The lowest BCUT2D eigenvalue weighted by atomic mass is 9.76. The molecule has 0 spiro atoms. The molecule has 0 bridgehead atoms. The van der Waals surface area contributed by atoms with Gasteiger partial charge in [0, 0.05) is 6.42 Å². The van der Waals surface area contributed by atoms with E-state index >= 15 is 0 Å². The smallest absolute Gasteiger partial charge is 0.303 e. The normalized spacial score (nSPS) is 28.7. The van der Waals surface area contributed by atoms with Crippen LogP contribution in [0.1, 0.15) is 52.9 Å². The van der Waals surface area contributed by atoms with Gasteiger partial charge in [-0.05, 0) is 42.9 Å². The molecule has 1 N–H and O–H groups in total. The molecule has 2 nitrogen and oxygen atoms in total. The summed E-state index contributed by atoms with van der Waals surface area (Å²) in [6.07, 6.45) is 9.10. The third-order valence-electron chi connectivity index (χ3n) is 3.96. The molecule has 1 aliphatic rings. The lowest BCUT2D eigenvalue weighted by Gasteiger charge is -2.29. The lowest BCUT2D eigenvalue weighted by Crippen LogP contribution is -2.23. The summed E-state index contributed by atoms with van der Waals surface area (Å²) in [4.78, 5) is 10.8. The van der Waals surface area contributed by atoms with E-state index in [0.717, 1.165) is 25.7 Å². The summed E-state index contributed by atoms with van der Waals surface area (Å²) in [5, 5.41) is 8.92. The molecule has 1 rings (SSSR count). The number of rotatable bonds is 5. The Balaban J connectivity index is 2.63.